The molecule has 5 nitrogen and oxygen atoms in total. The number of anilines is 1. The highest BCUT2D eigenvalue weighted by Gasteiger charge is 2.11. The molecule has 3 heterocycles. The molecule has 86 valence electrons. The normalized spacial score (nSPS) is 11.1. The SMILES string of the molecule is Cc1csc2c(Sc3nnc(N)s3)ncnc12. The minimum Gasteiger partial charge on any atom is -0.374 e. The third kappa shape index (κ3) is 1.99. The van der Waals surface area contributed by atoms with E-state index >= 15 is 0 Å². The van der Waals surface area contributed by atoms with E-state index in [1.165, 1.54) is 28.7 Å². The van der Waals surface area contributed by atoms with Gasteiger partial charge < -0.3 is 5.73 Å². The van der Waals surface area contributed by atoms with E-state index in [9.17, 15) is 0 Å². The van der Waals surface area contributed by atoms with Crippen molar-refractivity contribution in [2.45, 2.75) is 16.3 Å². The Balaban J connectivity index is 2.05. The number of nitrogen functional groups attached to an aromatic ring is 1. The summed E-state index contributed by atoms with van der Waals surface area (Å²) in [7, 11) is 0. The van der Waals surface area contributed by atoms with Crippen molar-refractivity contribution >= 4 is 49.8 Å². The molecule has 0 saturated carbocycles. The van der Waals surface area contributed by atoms with Gasteiger partial charge in [0.1, 0.15) is 11.4 Å². The fourth-order valence-electron chi connectivity index (χ4n) is 1.36. The molecule has 0 amide bonds. The second kappa shape index (κ2) is 4.21. The number of rotatable bonds is 2. The zero-order valence-corrected chi connectivity index (χ0v) is 11.2. The largest absolute Gasteiger partial charge is 0.374 e. The van der Waals surface area contributed by atoms with E-state index in [-0.39, 0.29) is 0 Å². The van der Waals surface area contributed by atoms with Crippen LogP contribution in [-0.4, -0.2) is 20.2 Å². The average Bonchev–Trinajstić information content (AvgIpc) is 2.88. The molecule has 0 radical (unpaired) electrons. The van der Waals surface area contributed by atoms with Gasteiger partial charge in [0.05, 0.1) is 10.2 Å². The fraction of sp³-hybridized carbons (Fsp3) is 0.111. The maximum Gasteiger partial charge on any atom is 0.203 e. The molecule has 3 rings (SSSR count). The maximum atomic E-state index is 5.55. The van der Waals surface area contributed by atoms with E-state index in [0.29, 0.717) is 5.13 Å². The summed E-state index contributed by atoms with van der Waals surface area (Å²) in [5, 5.41) is 11.2. The van der Waals surface area contributed by atoms with E-state index in [4.69, 9.17) is 5.73 Å². The molecule has 0 unspecified atom stereocenters. The Labute approximate surface area is 109 Å². The summed E-state index contributed by atoms with van der Waals surface area (Å²) in [4.78, 5) is 8.56. The molecule has 0 bridgehead atoms. The number of aryl methyl sites for hydroxylation is 1. The van der Waals surface area contributed by atoms with Gasteiger partial charge in [-0.15, -0.1) is 21.5 Å². The minimum absolute atomic E-state index is 0.472. The fourth-order valence-corrected chi connectivity index (χ4v) is 4.06. The number of nitrogens with two attached hydrogens (primary N) is 1. The van der Waals surface area contributed by atoms with Crippen LogP contribution in [0.5, 0.6) is 0 Å². The lowest BCUT2D eigenvalue weighted by Gasteiger charge is -1.97. The standard InChI is InChI=1S/C9H7N5S3/c1-4-2-15-6-5(4)11-3-12-7(6)16-9-14-13-8(10)17-9/h2-3H,1H3,(H2,10,13). The molecule has 0 fully saturated rings. The van der Waals surface area contributed by atoms with Crippen LogP contribution in [-0.2, 0) is 0 Å². The van der Waals surface area contributed by atoms with Crippen molar-refractivity contribution in [3.63, 3.8) is 0 Å². The third-order valence-corrected chi connectivity index (χ3v) is 5.13. The highest BCUT2D eigenvalue weighted by atomic mass is 32.2. The molecule has 8 heteroatoms. The van der Waals surface area contributed by atoms with Crippen molar-refractivity contribution in [2.24, 2.45) is 0 Å². The molecule has 0 saturated heterocycles. The molecule has 3 aromatic heterocycles. The Morgan fingerprint density at radius 1 is 1.29 bits per heavy atom. The summed E-state index contributed by atoms with van der Waals surface area (Å²) >= 11 is 4.48. The van der Waals surface area contributed by atoms with Crippen molar-refractivity contribution in [3.05, 3.63) is 17.3 Å². The quantitative estimate of drug-likeness (QED) is 0.727. The monoisotopic (exact) mass is 281 g/mol. The minimum atomic E-state index is 0.472. The smallest absolute Gasteiger partial charge is 0.203 e. The molecule has 0 aromatic carbocycles. The number of nitrogens with zero attached hydrogens (tertiary/aromatic N) is 4. The summed E-state index contributed by atoms with van der Waals surface area (Å²) < 4.78 is 1.89. The number of hydrogen-bond acceptors (Lipinski definition) is 8. The zero-order chi connectivity index (χ0) is 11.8. The van der Waals surface area contributed by atoms with Crippen LogP contribution >= 0.6 is 34.4 Å². The van der Waals surface area contributed by atoms with E-state index in [2.05, 4.69) is 25.5 Å². The van der Waals surface area contributed by atoms with Gasteiger partial charge in [-0.05, 0) is 29.6 Å². The molecule has 0 aliphatic heterocycles. The molecule has 0 aliphatic rings. The molecular formula is C9H7N5S3. The van der Waals surface area contributed by atoms with Gasteiger partial charge >= 0.3 is 0 Å². The van der Waals surface area contributed by atoms with Crippen LogP contribution in [0.4, 0.5) is 5.13 Å². The number of thiophene rings is 1. The first-order valence-corrected chi connectivity index (χ1v) is 7.21. The number of hydrogen-bond donors (Lipinski definition) is 1. The van der Waals surface area contributed by atoms with E-state index in [0.717, 1.165) is 19.6 Å². The second-order valence-corrected chi connectivity index (χ2v) is 6.41. The van der Waals surface area contributed by atoms with Crippen LogP contribution in [0.15, 0.2) is 21.1 Å². The second-order valence-electron chi connectivity index (χ2n) is 3.28. The van der Waals surface area contributed by atoms with Crippen LogP contribution < -0.4 is 5.73 Å². The Bertz CT molecular complexity index is 674. The Hall–Kier alpha value is -1.25. The van der Waals surface area contributed by atoms with Crippen LogP contribution in [0.3, 0.4) is 0 Å². The molecule has 0 atom stereocenters. The molecule has 0 spiro atoms. The van der Waals surface area contributed by atoms with E-state index in [1.807, 2.05) is 6.92 Å². The van der Waals surface area contributed by atoms with Crippen LogP contribution in [0.25, 0.3) is 10.2 Å². The third-order valence-electron chi connectivity index (χ3n) is 2.10. The summed E-state index contributed by atoms with van der Waals surface area (Å²) in [6, 6.07) is 0. The summed E-state index contributed by atoms with van der Waals surface area (Å²) in [5.74, 6) is 0. The summed E-state index contributed by atoms with van der Waals surface area (Å²) in [6.07, 6.45) is 1.58. The first-order chi connectivity index (χ1) is 8.24. The predicted molar refractivity (Wildman–Crippen MR) is 70.6 cm³/mol. The molecule has 2 N–H and O–H groups in total. The van der Waals surface area contributed by atoms with Gasteiger partial charge in [-0.1, -0.05) is 11.3 Å². The van der Waals surface area contributed by atoms with Gasteiger partial charge in [-0.25, -0.2) is 9.97 Å². The Kier molecular flexibility index (Phi) is 2.69. The first-order valence-electron chi connectivity index (χ1n) is 4.69. The van der Waals surface area contributed by atoms with E-state index in [1.54, 1.807) is 17.7 Å². The highest BCUT2D eigenvalue weighted by molar-refractivity contribution is 8.01. The number of aromatic nitrogens is 4. The molecular weight excluding hydrogens is 274 g/mol. The molecule has 3 aromatic rings. The van der Waals surface area contributed by atoms with Crippen molar-refractivity contribution in [1.29, 1.82) is 0 Å². The van der Waals surface area contributed by atoms with Crippen LogP contribution in [0.1, 0.15) is 5.56 Å². The van der Waals surface area contributed by atoms with Gasteiger partial charge in [0.2, 0.25) is 5.13 Å². The Morgan fingerprint density at radius 3 is 2.94 bits per heavy atom. The Morgan fingerprint density at radius 2 is 2.18 bits per heavy atom. The van der Waals surface area contributed by atoms with Crippen molar-refractivity contribution in [2.75, 3.05) is 5.73 Å². The molecule has 17 heavy (non-hydrogen) atoms. The summed E-state index contributed by atoms with van der Waals surface area (Å²) in [6.45, 7) is 2.04. The van der Waals surface area contributed by atoms with Gasteiger partial charge in [0, 0.05) is 0 Å². The first kappa shape index (κ1) is 10.9. The highest BCUT2D eigenvalue weighted by Crippen LogP contribution is 2.36. The van der Waals surface area contributed by atoms with Crippen LogP contribution in [0, 0.1) is 6.92 Å². The van der Waals surface area contributed by atoms with Crippen molar-refractivity contribution in [1.82, 2.24) is 20.2 Å². The maximum absolute atomic E-state index is 5.55. The topological polar surface area (TPSA) is 77.6 Å². The average molecular weight is 281 g/mol. The van der Waals surface area contributed by atoms with Crippen molar-refractivity contribution < 1.29 is 0 Å². The predicted octanol–water partition coefficient (Wildman–Crippen LogP) is 2.58. The lowest BCUT2D eigenvalue weighted by Crippen LogP contribution is -1.84. The van der Waals surface area contributed by atoms with Gasteiger partial charge in [0.25, 0.3) is 0 Å². The van der Waals surface area contributed by atoms with Gasteiger partial charge in [0.15, 0.2) is 4.34 Å². The number of fused-ring (bicyclic) bond motifs is 1. The van der Waals surface area contributed by atoms with E-state index < -0.39 is 0 Å². The summed E-state index contributed by atoms with van der Waals surface area (Å²) in [5.41, 5.74) is 7.73. The lowest BCUT2D eigenvalue weighted by atomic mass is 10.3. The lowest BCUT2D eigenvalue weighted by molar-refractivity contribution is 1.01. The van der Waals surface area contributed by atoms with Gasteiger partial charge in [-0.2, -0.15) is 0 Å². The molecule has 0 aliphatic carbocycles. The zero-order valence-electron chi connectivity index (χ0n) is 8.75. The van der Waals surface area contributed by atoms with Crippen molar-refractivity contribution in [3.8, 4) is 0 Å². The van der Waals surface area contributed by atoms with Gasteiger partial charge in [-0.3, -0.25) is 0 Å². The van der Waals surface area contributed by atoms with Crippen LogP contribution in [0.2, 0.25) is 0 Å².